The van der Waals surface area contributed by atoms with Crippen LogP contribution >= 0.6 is 0 Å². The van der Waals surface area contributed by atoms with E-state index in [0.29, 0.717) is 23.1 Å². The second-order valence-corrected chi connectivity index (χ2v) is 9.25. The number of benzene rings is 4. The first-order valence-corrected chi connectivity index (χ1v) is 12.8. The van der Waals surface area contributed by atoms with Crippen molar-refractivity contribution in [1.29, 1.82) is 0 Å². The third-order valence-corrected chi connectivity index (χ3v) is 6.54. The average Bonchev–Trinajstić information content (AvgIpc) is 3.28. The minimum Gasteiger partial charge on any atom is -0.457 e. The molecule has 0 saturated heterocycles. The summed E-state index contributed by atoms with van der Waals surface area (Å²) in [5.41, 5.74) is 7.67. The van der Waals surface area contributed by atoms with Crippen LogP contribution in [0.25, 0.3) is 27.9 Å². The van der Waals surface area contributed by atoms with Gasteiger partial charge in [-0.05, 0) is 60.9 Å². The Balaban J connectivity index is 0.00000323. The summed E-state index contributed by atoms with van der Waals surface area (Å²) < 4.78 is 14.0. The van der Waals surface area contributed by atoms with E-state index in [1.807, 2.05) is 77.5 Å². The number of rotatable bonds is 7. The van der Waals surface area contributed by atoms with Crippen LogP contribution in [0.5, 0.6) is 23.1 Å². The minimum absolute atomic E-state index is 0. The molecule has 6 aromatic rings. The zero-order valence-electron chi connectivity index (χ0n) is 22.1. The van der Waals surface area contributed by atoms with E-state index in [1.165, 1.54) is 11.1 Å². The molecule has 0 radical (unpaired) electrons. The molecule has 0 aliphatic heterocycles. The monoisotopic (exact) mass is 704 g/mol. The Morgan fingerprint density at radius 3 is 1.93 bits per heavy atom. The van der Waals surface area contributed by atoms with Gasteiger partial charge in [0.2, 0.25) is 5.88 Å². The fourth-order valence-corrected chi connectivity index (χ4v) is 4.72. The number of pyridine rings is 1. The van der Waals surface area contributed by atoms with Crippen LogP contribution in [0.3, 0.4) is 0 Å². The summed E-state index contributed by atoms with van der Waals surface area (Å²) >= 11 is 0. The molecule has 0 N–H and O–H groups in total. The second kappa shape index (κ2) is 12.1. The first kappa shape index (κ1) is 27.1. The summed E-state index contributed by atoms with van der Waals surface area (Å²) in [5.74, 6) is 2.58. The molecule has 0 amide bonds. The van der Waals surface area contributed by atoms with Gasteiger partial charge in [0.05, 0.1) is 11.4 Å². The van der Waals surface area contributed by atoms with E-state index in [0.717, 1.165) is 28.2 Å². The quantitative estimate of drug-likeness (QED) is 0.167. The molecule has 0 atom stereocenters. The maximum absolute atomic E-state index is 6.19. The summed E-state index contributed by atoms with van der Waals surface area (Å²) in [6.45, 7) is 4.16. The smallest absolute Gasteiger partial charge is 0.219 e. The van der Waals surface area contributed by atoms with Gasteiger partial charge in [0, 0.05) is 56.7 Å². The third kappa shape index (κ3) is 5.90. The molecule has 2 aromatic heterocycles. The van der Waals surface area contributed by atoms with Crippen molar-refractivity contribution in [1.82, 2.24) is 14.8 Å². The van der Waals surface area contributed by atoms with Crippen LogP contribution in [0.2, 0.25) is 0 Å². The van der Waals surface area contributed by atoms with Crippen LogP contribution in [0, 0.1) is 13.8 Å². The summed E-state index contributed by atoms with van der Waals surface area (Å²) in [6.07, 6.45) is 1.70. The van der Waals surface area contributed by atoms with E-state index < -0.39 is 0 Å². The topological polar surface area (TPSA) is 49.2 Å². The van der Waals surface area contributed by atoms with Crippen LogP contribution < -0.4 is 9.47 Å². The predicted octanol–water partition coefficient (Wildman–Crippen LogP) is 8.80. The van der Waals surface area contributed by atoms with Crippen LogP contribution in [0.1, 0.15) is 11.4 Å². The summed E-state index contributed by atoms with van der Waals surface area (Å²) in [5, 5.41) is 4.88. The Labute approximate surface area is 248 Å². The molecule has 4 aromatic carbocycles. The Morgan fingerprint density at radius 2 is 1.20 bits per heavy atom. The Hall–Kier alpha value is -4.47. The number of aromatic nitrogens is 3. The molecule has 0 bridgehead atoms. The number of aryl methyl sites for hydroxylation is 1. The average molecular weight is 705 g/mol. The largest absolute Gasteiger partial charge is 0.457 e. The molecular formula is C34H27N3O2Pt. The van der Waals surface area contributed by atoms with E-state index in [2.05, 4.69) is 67.4 Å². The first-order valence-electron chi connectivity index (χ1n) is 12.8. The summed E-state index contributed by atoms with van der Waals surface area (Å²) in [4.78, 5) is 4.22. The predicted molar refractivity (Wildman–Crippen MR) is 155 cm³/mol. The molecule has 0 aliphatic carbocycles. The van der Waals surface area contributed by atoms with Gasteiger partial charge in [0.1, 0.15) is 17.2 Å². The maximum atomic E-state index is 6.19. The zero-order valence-corrected chi connectivity index (χ0v) is 24.4. The minimum atomic E-state index is 0. The Bertz CT molecular complexity index is 1720. The van der Waals surface area contributed by atoms with Gasteiger partial charge in [-0.15, -0.1) is 0 Å². The fourth-order valence-electron chi connectivity index (χ4n) is 4.72. The van der Waals surface area contributed by atoms with Crippen LogP contribution in [-0.4, -0.2) is 14.8 Å². The van der Waals surface area contributed by atoms with E-state index in [4.69, 9.17) is 14.6 Å². The molecule has 6 heteroatoms. The van der Waals surface area contributed by atoms with Crippen molar-refractivity contribution < 1.29 is 30.5 Å². The normalized spacial score (nSPS) is 10.6. The molecule has 6 rings (SSSR count). The van der Waals surface area contributed by atoms with Gasteiger partial charge in [-0.3, -0.25) is 0 Å². The molecule has 0 fully saturated rings. The van der Waals surface area contributed by atoms with E-state index in [1.54, 1.807) is 6.20 Å². The van der Waals surface area contributed by atoms with Crippen molar-refractivity contribution in [3.63, 3.8) is 0 Å². The molecule has 0 unspecified atom stereocenters. The van der Waals surface area contributed by atoms with Crippen molar-refractivity contribution in [2.45, 2.75) is 13.8 Å². The molecule has 200 valence electrons. The summed E-state index contributed by atoms with van der Waals surface area (Å²) in [7, 11) is 0. The Morgan fingerprint density at radius 1 is 0.575 bits per heavy atom. The summed E-state index contributed by atoms with van der Waals surface area (Å²) in [6, 6.07) is 40.1. The van der Waals surface area contributed by atoms with Crippen molar-refractivity contribution in [3.8, 4) is 51.1 Å². The van der Waals surface area contributed by atoms with Crippen molar-refractivity contribution in [3.05, 3.63) is 139 Å². The van der Waals surface area contributed by atoms with Gasteiger partial charge < -0.3 is 9.47 Å². The molecule has 40 heavy (non-hydrogen) atoms. The maximum Gasteiger partial charge on any atom is 0.219 e. The molecule has 0 aliphatic rings. The zero-order chi connectivity index (χ0) is 26.6. The van der Waals surface area contributed by atoms with E-state index in [9.17, 15) is 0 Å². The van der Waals surface area contributed by atoms with Gasteiger partial charge in [0.25, 0.3) is 0 Å². The third-order valence-electron chi connectivity index (χ3n) is 6.54. The van der Waals surface area contributed by atoms with E-state index >= 15 is 0 Å². The van der Waals surface area contributed by atoms with Crippen LogP contribution in [0.15, 0.2) is 128 Å². The van der Waals surface area contributed by atoms with Crippen LogP contribution in [-0.2, 0) is 21.1 Å². The molecule has 0 saturated carbocycles. The SMILES string of the molecule is Cc1nn(-c2cccc(Oc3cccc(Oc4ccccn4)c3)c2)c(C)c1-c1ccc(-c2ccccc2)cc1.[Pt]. The van der Waals surface area contributed by atoms with Gasteiger partial charge in [-0.2, -0.15) is 5.10 Å². The van der Waals surface area contributed by atoms with Crippen molar-refractivity contribution in [2.75, 3.05) is 0 Å². The Kier molecular flexibility index (Phi) is 8.23. The number of hydrogen-bond donors (Lipinski definition) is 0. The number of nitrogens with zero attached hydrogens (tertiary/aromatic N) is 3. The molecular weight excluding hydrogens is 677 g/mol. The van der Waals surface area contributed by atoms with Gasteiger partial charge in [0.15, 0.2) is 0 Å². The first-order chi connectivity index (χ1) is 19.1. The molecule has 2 heterocycles. The van der Waals surface area contributed by atoms with Crippen LogP contribution in [0.4, 0.5) is 0 Å². The number of ether oxygens (including phenoxy) is 2. The second-order valence-electron chi connectivity index (χ2n) is 9.25. The van der Waals surface area contributed by atoms with Gasteiger partial charge in [-0.25, -0.2) is 9.67 Å². The van der Waals surface area contributed by atoms with Gasteiger partial charge >= 0.3 is 0 Å². The van der Waals surface area contributed by atoms with Gasteiger partial charge in [-0.1, -0.05) is 72.8 Å². The fraction of sp³-hybridized carbons (Fsp3) is 0.0588. The molecule has 5 nitrogen and oxygen atoms in total. The number of hydrogen-bond acceptors (Lipinski definition) is 4. The van der Waals surface area contributed by atoms with E-state index in [-0.39, 0.29) is 21.1 Å². The standard InChI is InChI=1S/C34H27N3O2.Pt/c1-24-34(28-19-17-27(18-20-28)26-10-4-3-5-11-26)25(2)37(36-24)29-12-8-13-30(22-29)38-31-14-9-15-32(23-31)39-33-16-6-7-21-35-33;/h3-23H,1-2H3;. The van der Waals surface area contributed by atoms with Crippen molar-refractivity contribution in [2.24, 2.45) is 0 Å². The molecule has 0 spiro atoms. The van der Waals surface area contributed by atoms with Crippen molar-refractivity contribution >= 4 is 0 Å².